The van der Waals surface area contributed by atoms with Gasteiger partial charge in [0.15, 0.2) is 0 Å². The van der Waals surface area contributed by atoms with E-state index >= 15 is 0 Å². The number of H-pyrrole nitrogens is 1. The highest BCUT2D eigenvalue weighted by Gasteiger charge is 2.23. The Labute approximate surface area is 498 Å². The third-order valence-electron chi connectivity index (χ3n) is 10.3. The lowest BCUT2D eigenvalue weighted by atomic mass is 10.3. The number of carbonyl (C=O) groups is 10. The van der Waals surface area contributed by atoms with E-state index in [9.17, 15) is 105 Å². The number of carboxylic acids is 7. The van der Waals surface area contributed by atoms with E-state index in [1.807, 2.05) is 0 Å². The number of carboxylic acid groups (broad SMARTS) is 7. The van der Waals surface area contributed by atoms with Crippen molar-refractivity contribution in [2.75, 3.05) is 0 Å². The maximum atomic E-state index is 12.4. The van der Waals surface area contributed by atoms with Gasteiger partial charge in [-0.25, -0.2) is 109 Å². The summed E-state index contributed by atoms with van der Waals surface area (Å²) in [5, 5.41) is 69.1. The van der Waals surface area contributed by atoms with Crippen molar-refractivity contribution in [3.8, 4) is 0 Å². The molecule has 0 aliphatic carbocycles. The fourth-order valence-electron chi connectivity index (χ4n) is 6.16. The molecule has 4 aromatic rings. The molecular formula is C45H56N12O34. The van der Waals surface area contributed by atoms with Gasteiger partial charge in [-0.05, 0) is 25.8 Å². The first-order valence-corrected chi connectivity index (χ1v) is 25.3. The number of hydrogen-bond acceptors (Lipinski definition) is 27. The molecule has 9 N–H and O–H groups in total. The summed E-state index contributed by atoms with van der Waals surface area (Å²) in [5.41, 5.74) is -15.3. The second-order valence-corrected chi connectivity index (χ2v) is 16.9. The van der Waals surface area contributed by atoms with Gasteiger partial charge in [0.1, 0.15) is 19.0 Å². The highest BCUT2D eigenvalue weighted by atomic mass is 16.7. The third-order valence-corrected chi connectivity index (χ3v) is 10.3. The molecule has 0 radical (unpaired) electrons. The van der Waals surface area contributed by atoms with Crippen LogP contribution in [-0.2, 0) is 98.6 Å². The number of aromatic amines is 1. The lowest BCUT2D eigenvalue weighted by Gasteiger charge is -2.13. The zero-order chi connectivity index (χ0) is 70.3. The first-order chi connectivity index (χ1) is 42.4. The van der Waals surface area contributed by atoms with Gasteiger partial charge in [-0.3, -0.25) is 38.5 Å². The highest BCUT2D eigenvalue weighted by molar-refractivity contribution is 5.71. The van der Waals surface area contributed by atoms with Crippen LogP contribution in [0.5, 0.6) is 0 Å². The van der Waals surface area contributed by atoms with Crippen LogP contribution in [0.3, 0.4) is 0 Å². The molecule has 0 aliphatic heterocycles. The van der Waals surface area contributed by atoms with E-state index in [0.717, 1.165) is 0 Å². The first-order valence-electron chi connectivity index (χ1n) is 25.3. The first kappa shape index (κ1) is 78.6. The molecule has 0 aromatic carbocycles. The van der Waals surface area contributed by atoms with Gasteiger partial charge in [0.2, 0.25) is 0 Å². The lowest BCUT2D eigenvalue weighted by Crippen LogP contribution is -2.57. The third kappa shape index (κ3) is 24.8. The molecular weight excluding hydrogens is 1250 g/mol. The van der Waals surface area contributed by atoms with E-state index in [1.165, 1.54) is 19.8 Å². The summed E-state index contributed by atoms with van der Waals surface area (Å²) in [7, 11) is 0. The fraction of sp³-hybridized carbons (Fsp3) is 0.467. The zero-order valence-corrected chi connectivity index (χ0v) is 47.5. The Balaban J connectivity index is 0.00000118. The van der Waals surface area contributed by atoms with E-state index in [1.54, 1.807) is 11.9 Å². The quantitative estimate of drug-likeness (QED) is 0.0188. The minimum Gasteiger partial charge on any atom is -0.481 e. The summed E-state index contributed by atoms with van der Waals surface area (Å²) in [4.78, 5) is 274. The smallest absolute Gasteiger partial charge is 0.370 e. The second kappa shape index (κ2) is 37.9. The van der Waals surface area contributed by atoms with Crippen LogP contribution in [0.2, 0.25) is 0 Å². The summed E-state index contributed by atoms with van der Waals surface area (Å²) >= 11 is 0. The molecule has 91 heavy (non-hydrogen) atoms. The molecule has 4 aromatic heterocycles. The largest absolute Gasteiger partial charge is 0.481 e. The van der Waals surface area contributed by atoms with E-state index in [-0.39, 0.29) is 81.4 Å². The number of nitrogens with one attached hydrogen (secondary N) is 1. The SMILES string of the molecule is C=C=O.CCC(=O)On1c(=O)[nH]c(=O)n(CCC(=O)O)c1=O.CCC(=O)On1c(=O)n(CCC(=O)O)c(=O)n(CCC(=O)O)c1=O.CCCC(=O)On1c(=O)n(CCCC(=O)O)c(=O)n(CCCC(=O)O)c1=O.O=C(O)Cn1c(=O)n(O)c(=O)n(CC(=O)O)c1=O. The Bertz CT molecular complexity index is 4030. The predicted molar refractivity (Wildman–Crippen MR) is 288 cm³/mol. The summed E-state index contributed by atoms with van der Waals surface area (Å²) < 4.78 is 2.15. The molecule has 0 aliphatic rings. The molecule has 0 amide bonds. The van der Waals surface area contributed by atoms with Crippen LogP contribution in [0.4, 0.5) is 0 Å². The van der Waals surface area contributed by atoms with Crippen molar-refractivity contribution in [1.29, 1.82) is 0 Å². The summed E-state index contributed by atoms with van der Waals surface area (Å²) in [6.07, 6.45) is -2.40. The monoisotopic (exact) mass is 1310 g/mol. The van der Waals surface area contributed by atoms with Gasteiger partial charge in [-0.2, -0.15) is 0 Å². The molecule has 0 atom stereocenters. The number of nitrogens with zero attached hydrogens (tertiary/aromatic N) is 11. The molecule has 4 rings (SSSR count). The Morgan fingerprint density at radius 1 is 0.374 bits per heavy atom. The maximum absolute atomic E-state index is 12.4. The number of carbonyl (C=O) groups excluding carboxylic acids is 4. The summed E-state index contributed by atoms with van der Waals surface area (Å²) in [6.45, 7) is 2.75. The normalized spacial score (nSPS) is 10.1. The van der Waals surface area contributed by atoms with Crippen LogP contribution in [0.25, 0.3) is 0 Å². The van der Waals surface area contributed by atoms with Gasteiger partial charge in [0, 0.05) is 64.8 Å². The number of aliphatic carboxylic acids is 7. The maximum Gasteiger partial charge on any atom is 0.370 e. The number of rotatable bonds is 28. The standard InChI is InChI=1S/C15H21N3O9.C12H15N3O9.C9H11N3O7.C7H7N3O8.C2H2O/c1-2-5-12(23)27-18-14(25)16(8-3-6-10(19)20)13(24)17(15(18)26)9-4-7-11(21)22;1-2-9(20)24-15-11(22)13(5-3-7(16)17)10(21)14(12(15)23)6-4-8(18)19;1-2-6(15)19-12-8(17)10-7(16)11(9(12)18)4-3-5(13)14;11-3(12)1-8-5(15)9(2-4(13)14)7(17)10(18)6(8)16;1-2-3/h2-9H2,1H3,(H,19,20)(H,21,22);2-6H2,1H3,(H,16,17)(H,18,19);2-4H2,1H3,(H,13,14)(H,10,16,17);18H,1-2H2,(H,11,12)(H,13,14);1H2. The van der Waals surface area contributed by atoms with E-state index in [4.69, 9.17) is 50.6 Å². The molecule has 0 spiro atoms. The lowest BCUT2D eigenvalue weighted by molar-refractivity contribution is -0.146. The molecule has 46 nitrogen and oxygen atoms in total. The molecule has 46 heteroatoms. The minimum absolute atomic E-state index is 0.0108. The molecule has 0 fully saturated rings. The van der Waals surface area contributed by atoms with Gasteiger partial charge in [-0.1, -0.05) is 39.7 Å². The average Bonchev–Trinajstić information content (AvgIpc) is 1.09. The minimum atomic E-state index is -1.57. The van der Waals surface area contributed by atoms with Crippen molar-refractivity contribution in [1.82, 2.24) is 55.9 Å². The average molecular weight is 1310 g/mol. The van der Waals surface area contributed by atoms with Crippen LogP contribution in [0.1, 0.15) is 91.4 Å². The van der Waals surface area contributed by atoms with Crippen molar-refractivity contribution < 1.29 is 108 Å². The topological polar surface area (TPSA) is 652 Å². The van der Waals surface area contributed by atoms with Crippen molar-refractivity contribution >= 4 is 65.6 Å². The molecule has 0 saturated heterocycles. The van der Waals surface area contributed by atoms with E-state index < -0.39 is 185 Å². The van der Waals surface area contributed by atoms with Crippen LogP contribution < -0.4 is 82.8 Å². The Morgan fingerprint density at radius 3 is 0.967 bits per heavy atom. The van der Waals surface area contributed by atoms with Crippen LogP contribution in [-0.4, -0.2) is 162 Å². The Morgan fingerprint density at radius 2 is 0.659 bits per heavy atom. The van der Waals surface area contributed by atoms with Gasteiger partial charge in [-0.15, -0.1) is 0 Å². The van der Waals surface area contributed by atoms with Crippen molar-refractivity contribution in [3.63, 3.8) is 0 Å². The van der Waals surface area contributed by atoms with Crippen LogP contribution >= 0.6 is 0 Å². The highest BCUT2D eigenvalue weighted by Crippen LogP contribution is 1.94. The number of hydrogen-bond donors (Lipinski definition) is 9. The Kier molecular flexibility index (Phi) is 32.7. The van der Waals surface area contributed by atoms with Gasteiger partial charge in [0.05, 0.1) is 19.3 Å². The van der Waals surface area contributed by atoms with Crippen molar-refractivity contribution in [2.24, 2.45) is 0 Å². The zero-order valence-electron chi connectivity index (χ0n) is 47.5. The van der Waals surface area contributed by atoms with Gasteiger partial charge >= 0.3 is 128 Å². The van der Waals surface area contributed by atoms with Gasteiger partial charge in [0.25, 0.3) is 0 Å². The molecule has 4 heterocycles. The van der Waals surface area contributed by atoms with Crippen molar-refractivity contribution in [3.05, 3.63) is 132 Å². The molecule has 0 unspecified atom stereocenters. The summed E-state index contributed by atoms with van der Waals surface area (Å²) in [5.74, 6) is -10.6. The second-order valence-electron chi connectivity index (χ2n) is 16.9. The van der Waals surface area contributed by atoms with Gasteiger partial charge < -0.3 is 55.5 Å². The molecule has 500 valence electrons. The molecule has 0 bridgehead atoms. The molecule has 0 saturated carbocycles. The Hall–Kier alpha value is -12.4. The van der Waals surface area contributed by atoms with Crippen LogP contribution in [0, 0.1) is 0 Å². The van der Waals surface area contributed by atoms with E-state index in [0.29, 0.717) is 29.3 Å². The van der Waals surface area contributed by atoms with Crippen molar-refractivity contribution in [2.45, 2.75) is 137 Å². The fourth-order valence-corrected chi connectivity index (χ4v) is 6.16. The predicted octanol–water partition coefficient (Wildman–Crippen LogP) is -9.74. The van der Waals surface area contributed by atoms with E-state index in [2.05, 4.69) is 16.3 Å². The summed E-state index contributed by atoms with van der Waals surface area (Å²) in [6, 6.07) is 0. The number of aromatic nitrogens is 12. The van der Waals surface area contributed by atoms with Crippen LogP contribution in [0.15, 0.2) is 64.1 Å².